The number of hydrogen-bond donors (Lipinski definition) is 1. The van der Waals surface area contributed by atoms with Crippen molar-refractivity contribution in [3.63, 3.8) is 0 Å². The maximum absolute atomic E-state index is 12.1. The molecule has 2 aromatic rings. The molecule has 2 rings (SSSR count). The van der Waals surface area contributed by atoms with E-state index in [0.717, 1.165) is 11.3 Å². The minimum atomic E-state index is -0.0806. The minimum Gasteiger partial charge on any atom is -0.497 e. The molecule has 0 aliphatic carbocycles. The van der Waals surface area contributed by atoms with E-state index in [1.807, 2.05) is 35.7 Å². The average Bonchev–Trinajstić information content (AvgIpc) is 3.04. The van der Waals surface area contributed by atoms with Crippen LogP contribution in [0.4, 0.5) is 0 Å². The third-order valence-electron chi connectivity index (χ3n) is 3.36. The second kappa shape index (κ2) is 7.80. The smallest absolute Gasteiger partial charge is 0.244 e. The molecule has 0 aliphatic rings. The predicted octanol–water partition coefficient (Wildman–Crippen LogP) is 4.28. The molecule has 0 spiro atoms. The SMILES string of the molecule is COc1ccc(/C=C/C(=O)N[C@@H](c2cccs2)C(C)C)cc1. The normalized spacial score (nSPS) is 12.5. The summed E-state index contributed by atoms with van der Waals surface area (Å²) in [5, 5.41) is 5.10. The third-order valence-corrected chi connectivity index (χ3v) is 4.31. The number of nitrogens with one attached hydrogen (secondary N) is 1. The molecule has 1 amide bonds. The Balaban J connectivity index is 2.00. The van der Waals surface area contributed by atoms with Crippen LogP contribution in [0.25, 0.3) is 6.08 Å². The number of thiophene rings is 1. The summed E-state index contributed by atoms with van der Waals surface area (Å²) in [6, 6.07) is 11.7. The Kier molecular flexibility index (Phi) is 5.78. The summed E-state index contributed by atoms with van der Waals surface area (Å²) in [5.41, 5.74) is 0.966. The van der Waals surface area contributed by atoms with Crippen molar-refractivity contribution in [2.75, 3.05) is 7.11 Å². The number of carbonyl (C=O) groups is 1. The summed E-state index contributed by atoms with van der Waals surface area (Å²) in [4.78, 5) is 13.3. The van der Waals surface area contributed by atoms with Gasteiger partial charge in [-0.25, -0.2) is 0 Å². The number of rotatable bonds is 6. The number of methoxy groups -OCH3 is 1. The molecule has 0 unspecified atom stereocenters. The van der Waals surface area contributed by atoms with Crippen LogP contribution in [0.15, 0.2) is 47.9 Å². The minimum absolute atomic E-state index is 0.0491. The Morgan fingerprint density at radius 2 is 1.95 bits per heavy atom. The standard InChI is InChI=1S/C18H21NO2S/c1-13(2)18(16-5-4-12-22-16)19-17(20)11-8-14-6-9-15(21-3)10-7-14/h4-13,18H,1-3H3,(H,19,20)/b11-8+/t18-/m1/s1. The first kappa shape index (κ1) is 16.3. The molecular formula is C18H21NO2S. The summed E-state index contributed by atoms with van der Waals surface area (Å²) >= 11 is 1.67. The summed E-state index contributed by atoms with van der Waals surface area (Å²) in [6.07, 6.45) is 3.38. The molecule has 22 heavy (non-hydrogen) atoms. The highest BCUT2D eigenvalue weighted by Crippen LogP contribution is 2.25. The van der Waals surface area contributed by atoms with Crippen molar-refractivity contribution < 1.29 is 9.53 Å². The van der Waals surface area contributed by atoms with E-state index in [0.29, 0.717) is 5.92 Å². The molecule has 1 N–H and O–H groups in total. The van der Waals surface area contributed by atoms with Crippen LogP contribution < -0.4 is 10.1 Å². The largest absolute Gasteiger partial charge is 0.497 e. The summed E-state index contributed by atoms with van der Waals surface area (Å²) < 4.78 is 5.11. The van der Waals surface area contributed by atoms with Crippen molar-refractivity contribution in [3.8, 4) is 5.75 Å². The van der Waals surface area contributed by atoms with E-state index >= 15 is 0 Å². The highest BCUT2D eigenvalue weighted by Gasteiger charge is 2.17. The zero-order chi connectivity index (χ0) is 15.9. The second-order valence-corrected chi connectivity index (χ2v) is 6.33. The maximum Gasteiger partial charge on any atom is 0.244 e. The Bertz CT molecular complexity index is 615. The molecule has 0 radical (unpaired) electrons. The lowest BCUT2D eigenvalue weighted by Crippen LogP contribution is -2.29. The molecular weight excluding hydrogens is 294 g/mol. The van der Waals surface area contributed by atoms with Gasteiger partial charge in [-0.1, -0.05) is 32.0 Å². The molecule has 3 nitrogen and oxygen atoms in total. The summed E-state index contributed by atoms with van der Waals surface area (Å²) in [7, 11) is 1.63. The van der Waals surface area contributed by atoms with Gasteiger partial charge in [-0.05, 0) is 41.1 Å². The topological polar surface area (TPSA) is 38.3 Å². The van der Waals surface area contributed by atoms with Crippen LogP contribution in [0, 0.1) is 5.92 Å². The lowest BCUT2D eigenvalue weighted by atomic mass is 10.0. The lowest BCUT2D eigenvalue weighted by molar-refractivity contribution is -0.117. The zero-order valence-corrected chi connectivity index (χ0v) is 13.9. The summed E-state index contributed by atoms with van der Waals surface area (Å²) in [5.74, 6) is 1.07. The van der Waals surface area contributed by atoms with Crippen LogP contribution in [0.2, 0.25) is 0 Å². The van der Waals surface area contributed by atoms with Crippen molar-refractivity contribution in [3.05, 3.63) is 58.3 Å². The molecule has 1 aromatic heterocycles. The van der Waals surface area contributed by atoms with E-state index < -0.39 is 0 Å². The Morgan fingerprint density at radius 3 is 2.50 bits per heavy atom. The molecule has 1 aromatic carbocycles. The van der Waals surface area contributed by atoms with Crippen molar-refractivity contribution in [2.45, 2.75) is 19.9 Å². The summed E-state index contributed by atoms with van der Waals surface area (Å²) in [6.45, 7) is 4.22. The van der Waals surface area contributed by atoms with Gasteiger partial charge < -0.3 is 10.1 Å². The van der Waals surface area contributed by atoms with Crippen LogP contribution in [0.5, 0.6) is 5.75 Å². The van der Waals surface area contributed by atoms with Gasteiger partial charge in [0.1, 0.15) is 5.75 Å². The number of benzene rings is 1. The van der Waals surface area contributed by atoms with Gasteiger partial charge in [-0.2, -0.15) is 0 Å². The van der Waals surface area contributed by atoms with E-state index in [1.165, 1.54) is 4.88 Å². The van der Waals surface area contributed by atoms with Crippen LogP contribution in [0.1, 0.15) is 30.3 Å². The first-order chi connectivity index (χ1) is 10.6. The van der Waals surface area contributed by atoms with Gasteiger partial charge in [0.25, 0.3) is 0 Å². The molecule has 1 atom stereocenters. The average molecular weight is 315 g/mol. The molecule has 0 saturated heterocycles. The van der Waals surface area contributed by atoms with Crippen molar-refractivity contribution in [1.82, 2.24) is 5.32 Å². The lowest BCUT2D eigenvalue weighted by Gasteiger charge is -2.20. The monoisotopic (exact) mass is 315 g/mol. The number of ether oxygens (including phenoxy) is 1. The Hall–Kier alpha value is -2.07. The van der Waals surface area contributed by atoms with Gasteiger partial charge in [-0.3, -0.25) is 4.79 Å². The van der Waals surface area contributed by atoms with Gasteiger partial charge in [0.15, 0.2) is 0 Å². The molecule has 4 heteroatoms. The van der Waals surface area contributed by atoms with E-state index in [-0.39, 0.29) is 11.9 Å². The van der Waals surface area contributed by atoms with E-state index in [9.17, 15) is 4.79 Å². The van der Waals surface area contributed by atoms with E-state index in [1.54, 1.807) is 30.6 Å². The predicted molar refractivity (Wildman–Crippen MR) is 92.1 cm³/mol. The van der Waals surface area contributed by atoms with Crippen molar-refractivity contribution in [1.29, 1.82) is 0 Å². The Morgan fingerprint density at radius 1 is 1.23 bits per heavy atom. The molecule has 0 aliphatic heterocycles. The van der Waals surface area contributed by atoms with Gasteiger partial charge >= 0.3 is 0 Å². The highest BCUT2D eigenvalue weighted by molar-refractivity contribution is 7.10. The third kappa shape index (κ3) is 4.46. The van der Waals surface area contributed by atoms with Gasteiger partial charge in [0.05, 0.1) is 13.2 Å². The van der Waals surface area contributed by atoms with Gasteiger partial charge in [0.2, 0.25) is 5.91 Å². The second-order valence-electron chi connectivity index (χ2n) is 5.35. The molecule has 0 fully saturated rings. The number of carbonyl (C=O) groups excluding carboxylic acids is 1. The van der Waals surface area contributed by atoms with Gasteiger partial charge in [0, 0.05) is 11.0 Å². The molecule has 0 saturated carbocycles. The molecule has 116 valence electrons. The fraction of sp³-hybridized carbons (Fsp3) is 0.278. The van der Waals surface area contributed by atoms with Crippen LogP contribution in [-0.2, 0) is 4.79 Å². The number of hydrogen-bond acceptors (Lipinski definition) is 3. The zero-order valence-electron chi connectivity index (χ0n) is 13.1. The van der Waals surface area contributed by atoms with Crippen LogP contribution in [0.3, 0.4) is 0 Å². The van der Waals surface area contributed by atoms with E-state index in [4.69, 9.17) is 4.74 Å². The van der Waals surface area contributed by atoms with Gasteiger partial charge in [-0.15, -0.1) is 11.3 Å². The first-order valence-electron chi connectivity index (χ1n) is 7.26. The fourth-order valence-electron chi connectivity index (χ4n) is 2.12. The maximum atomic E-state index is 12.1. The van der Waals surface area contributed by atoms with Crippen LogP contribution >= 0.6 is 11.3 Å². The van der Waals surface area contributed by atoms with Crippen LogP contribution in [-0.4, -0.2) is 13.0 Å². The quantitative estimate of drug-likeness (QED) is 0.808. The van der Waals surface area contributed by atoms with Crippen molar-refractivity contribution >= 4 is 23.3 Å². The molecule has 1 heterocycles. The first-order valence-corrected chi connectivity index (χ1v) is 8.14. The molecule has 0 bridgehead atoms. The fourth-order valence-corrected chi connectivity index (χ4v) is 3.07. The van der Waals surface area contributed by atoms with E-state index in [2.05, 4.69) is 25.2 Å². The number of amides is 1. The van der Waals surface area contributed by atoms with Crippen molar-refractivity contribution in [2.24, 2.45) is 5.92 Å². The highest BCUT2D eigenvalue weighted by atomic mass is 32.1. The Labute approximate surface area is 135 Å².